The fourth-order valence-corrected chi connectivity index (χ4v) is 4.96. The first-order valence-electron chi connectivity index (χ1n) is 10.9. The van der Waals surface area contributed by atoms with Crippen molar-refractivity contribution in [3.8, 4) is 16.2 Å². The van der Waals surface area contributed by atoms with Gasteiger partial charge in [-0.25, -0.2) is 0 Å². The Balaban J connectivity index is 1.89. The summed E-state index contributed by atoms with van der Waals surface area (Å²) in [6.07, 6.45) is 3.51. The number of hydrogen-bond donors (Lipinski definition) is 3. The van der Waals surface area contributed by atoms with Crippen LogP contribution >= 0.6 is 11.3 Å². The van der Waals surface area contributed by atoms with Gasteiger partial charge in [0, 0.05) is 53.6 Å². The second-order valence-electron chi connectivity index (χ2n) is 8.85. The summed E-state index contributed by atoms with van der Waals surface area (Å²) in [6.45, 7) is 7.71. The molecule has 0 saturated carbocycles. The summed E-state index contributed by atoms with van der Waals surface area (Å²) in [6, 6.07) is 5.46. The molecular formula is C25H28N4O4S. The van der Waals surface area contributed by atoms with E-state index < -0.39 is 5.60 Å². The van der Waals surface area contributed by atoms with E-state index in [0.29, 0.717) is 29.0 Å². The Morgan fingerprint density at radius 3 is 2.71 bits per heavy atom. The maximum absolute atomic E-state index is 12.8. The van der Waals surface area contributed by atoms with Gasteiger partial charge in [0.1, 0.15) is 23.6 Å². The van der Waals surface area contributed by atoms with Crippen LogP contribution in [0.2, 0.25) is 0 Å². The van der Waals surface area contributed by atoms with Crippen LogP contribution in [0, 0.1) is 13.8 Å². The first-order valence-corrected chi connectivity index (χ1v) is 11.7. The number of nitrogens with one attached hydrogen (secondary N) is 2. The molecule has 0 bridgehead atoms. The minimum atomic E-state index is -1.08. The highest BCUT2D eigenvalue weighted by molar-refractivity contribution is 7.16. The van der Waals surface area contributed by atoms with Crippen molar-refractivity contribution in [3.63, 3.8) is 0 Å². The largest absolute Gasteiger partial charge is 0.487 e. The van der Waals surface area contributed by atoms with Crippen LogP contribution in [0.1, 0.15) is 46.0 Å². The number of hydrogen-bond acceptors (Lipinski definition) is 6. The third kappa shape index (κ3) is 4.24. The van der Waals surface area contributed by atoms with Crippen LogP contribution in [-0.2, 0) is 19.3 Å². The van der Waals surface area contributed by atoms with Crippen LogP contribution in [0.15, 0.2) is 35.4 Å². The number of amides is 1. The molecule has 4 rings (SSSR count). The Morgan fingerprint density at radius 2 is 2.06 bits per heavy atom. The molecule has 34 heavy (non-hydrogen) atoms. The van der Waals surface area contributed by atoms with Crippen molar-refractivity contribution in [2.75, 3.05) is 7.05 Å². The standard InChI is InChI=1S/C25H28N4O4S/c1-13-7-8-27-14(2)17(13)12-33-19-10-20(25(3,4)32)34-22(19)16-11-29(6)24(31)21-15(16)9-18(28-21)23(30)26-5/h7-11,28,32H,12H2,1-6H3,(H,26,30). The lowest BCUT2D eigenvalue weighted by atomic mass is 10.1. The lowest BCUT2D eigenvalue weighted by Crippen LogP contribution is -2.19. The number of thiophene rings is 1. The zero-order valence-electron chi connectivity index (χ0n) is 20.1. The number of pyridine rings is 2. The quantitative estimate of drug-likeness (QED) is 0.389. The molecule has 1 amide bonds. The second kappa shape index (κ2) is 8.73. The van der Waals surface area contributed by atoms with Crippen molar-refractivity contribution < 1.29 is 14.6 Å². The SMILES string of the molecule is CNC(=O)c1cc2c(-c3sc(C(C)(C)O)cc3OCc3c(C)ccnc3C)cn(C)c(=O)c2[nH]1. The van der Waals surface area contributed by atoms with Crippen molar-refractivity contribution in [2.45, 2.75) is 39.9 Å². The molecule has 9 heteroatoms. The maximum atomic E-state index is 12.8. The highest BCUT2D eigenvalue weighted by atomic mass is 32.1. The number of rotatable bonds is 6. The number of aliphatic hydroxyl groups is 1. The van der Waals surface area contributed by atoms with E-state index in [0.717, 1.165) is 32.1 Å². The van der Waals surface area contributed by atoms with Gasteiger partial charge >= 0.3 is 0 Å². The van der Waals surface area contributed by atoms with Gasteiger partial charge in [0.25, 0.3) is 11.5 Å². The lowest BCUT2D eigenvalue weighted by Gasteiger charge is -2.14. The number of aromatic nitrogens is 3. The van der Waals surface area contributed by atoms with Crippen LogP contribution in [0.5, 0.6) is 5.75 Å². The van der Waals surface area contributed by atoms with Crippen LogP contribution in [0.4, 0.5) is 0 Å². The zero-order chi connectivity index (χ0) is 24.8. The van der Waals surface area contributed by atoms with Gasteiger partial charge in [-0.1, -0.05) is 0 Å². The van der Waals surface area contributed by atoms with Crippen LogP contribution in [-0.4, -0.2) is 32.6 Å². The number of H-pyrrole nitrogens is 1. The fourth-order valence-electron chi connectivity index (χ4n) is 3.84. The molecule has 4 heterocycles. The fraction of sp³-hybridized carbons (Fsp3) is 0.320. The summed E-state index contributed by atoms with van der Waals surface area (Å²) in [5.74, 6) is 0.277. The van der Waals surface area contributed by atoms with Crippen molar-refractivity contribution >= 4 is 28.1 Å². The predicted molar refractivity (Wildman–Crippen MR) is 134 cm³/mol. The minimum Gasteiger partial charge on any atom is -0.487 e. The Hall–Kier alpha value is -3.43. The average Bonchev–Trinajstić information content (AvgIpc) is 3.41. The predicted octanol–water partition coefficient (Wildman–Crippen LogP) is 3.77. The van der Waals surface area contributed by atoms with E-state index in [1.807, 2.05) is 26.0 Å². The number of fused-ring (bicyclic) bond motifs is 1. The molecule has 0 fully saturated rings. The molecule has 178 valence electrons. The molecule has 0 atom stereocenters. The van der Waals surface area contributed by atoms with Gasteiger partial charge in [0.15, 0.2) is 0 Å². The number of nitrogens with zero attached hydrogens (tertiary/aromatic N) is 2. The van der Waals surface area contributed by atoms with Gasteiger partial charge in [0.05, 0.1) is 10.5 Å². The summed E-state index contributed by atoms with van der Waals surface area (Å²) < 4.78 is 7.77. The second-order valence-corrected chi connectivity index (χ2v) is 9.91. The Kier molecular flexibility index (Phi) is 6.09. The van der Waals surface area contributed by atoms with Crippen molar-refractivity contribution in [3.05, 3.63) is 68.3 Å². The van der Waals surface area contributed by atoms with Gasteiger partial charge in [-0.05, 0) is 51.5 Å². The van der Waals surface area contributed by atoms with E-state index in [1.165, 1.54) is 23.0 Å². The van der Waals surface area contributed by atoms with Gasteiger partial charge < -0.3 is 24.7 Å². The molecule has 8 nitrogen and oxygen atoms in total. The zero-order valence-corrected chi connectivity index (χ0v) is 20.9. The van der Waals surface area contributed by atoms with E-state index in [1.54, 1.807) is 39.4 Å². The number of carbonyl (C=O) groups is 1. The van der Waals surface area contributed by atoms with Gasteiger partial charge in [-0.3, -0.25) is 14.6 Å². The van der Waals surface area contributed by atoms with Gasteiger partial charge in [-0.15, -0.1) is 11.3 Å². The van der Waals surface area contributed by atoms with E-state index in [2.05, 4.69) is 15.3 Å². The highest BCUT2D eigenvalue weighted by Gasteiger charge is 2.25. The highest BCUT2D eigenvalue weighted by Crippen LogP contribution is 2.44. The Bertz CT molecular complexity index is 1440. The van der Waals surface area contributed by atoms with Crippen molar-refractivity contribution in [2.24, 2.45) is 7.05 Å². The molecule has 0 aromatic carbocycles. The van der Waals surface area contributed by atoms with Crippen LogP contribution < -0.4 is 15.6 Å². The van der Waals surface area contributed by atoms with Crippen LogP contribution in [0.3, 0.4) is 0 Å². The molecule has 3 N–H and O–H groups in total. The number of aryl methyl sites for hydroxylation is 3. The van der Waals surface area contributed by atoms with Crippen LogP contribution in [0.25, 0.3) is 21.3 Å². The first-order chi connectivity index (χ1) is 16.0. The average molecular weight is 481 g/mol. The maximum Gasteiger partial charge on any atom is 0.274 e. The molecule has 0 radical (unpaired) electrons. The molecule has 0 aliphatic carbocycles. The third-order valence-electron chi connectivity index (χ3n) is 5.86. The molecule has 0 unspecified atom stereocenters. The summed E-state index contributed by atoms with van der Waals surface area (Å²) in [7, 11) is 3.20. The third-order valence-corrected chi connectivity index (χ3v) is 7.32. The monoisotopic (exact) mass is 480 g/mol. The number of carbonyl (C=O) groups excluding carboxylic acids is 1. The summed E-state index contributed by atoms with van der Waals surface area (Å²) in [5, 5.41) is 13.9. The normalized spacial score (nSPS) is 11.7. The van der Waals surface area contributed by atoms with Crippen molar-refractivity contribution in [1.82, 2.24) is 19.9 Å². The Morgan fingerprint density at radius 1 is 1.32 bits per heavy atom. The van der Waals surface area contributed by atoms with E-state index in [-0.39, 0.29) is 11.5 Å². The Labute approximate surface area is 201 Å². The molecule has 0 aliphatic rings. The van der Waals surface area contributed by atoms with E-state index in [9.17, 15) is 14.7 Å². The summed E-state index contributed by atoms with van der Waals surface area (Å²) in [5.41, 5.74) is 3.02. The summed E-state index contributed by atoms with van der Waals surface area (Å²) >= 11 is 1.40. The van der Waals surface area contributed by atoms with Crippen molar-refractivity contribution in [1.29, 1.82) is 0 Å². The molecule has 0 spiro atoms. The smallest absolute Gasteiger partial charge is 0.274 e. The number of aromatic amines is 1. The topological polar surface area (TPSA) is 109 Å². The molecular weight excluding hydrogens is 452 g/mol. The number of ether oxygens (including phenoxy) is 1. The van der Waals surface area contributed by atoms with E-state index in [4.69, 9.17) is 4.74 Å². The summed E-state index contributed by atoms with van der Waals surface area (Å²) in [4.78, 5) is 33.8. The molecule has 4 aromatic heterocycles. The lowest BCUT2D eigenvalue weighted by molar-refractivity contribution is 0.0823. The first kappa shape index (κ1) is 23.7. The van der Waals surface area contributed by atoms with Gasteiger partial charge in [-0.2, -0.15) is 0 Å². The molecule has 0 aliphatic heterocycles. The van der Waals surface area contributed by atoms with E-state index >= 15 is 0 Å². The molecule has 0 saturated heterocycles. The molecule has 4 aromatic rings. The minimum absolute atomic E-state index is 0.239. The van der Waals surface area contributed by atoms with Gasteiger partial charge in [0.2, 0.25) is 0 Å².